The van der Waals surface area contributed by atoms with Gasteiger partial charge in [0, 0.05) is 36.3 Å². The summed E-state index contributed by atoms with van der Waals surface area (Å²) < 4.78 is 8.13. The van der Waals surface area contributed by atoms with Crippen molar-refractivity contribution in [2.45, 2.75) is 26.3 Å². The fraction of sp³-hybridized carbons (Fsp3) is 0.333. The minimum absolute atomic E-state index is 0.312. The lowest BCUT2D eigenvalue weighted by Gasteiger charge is -2.21. The van der Waals surface area contributed by atoms with Gasteiger partial charge in [0.2, 0.25) is 0 Å². The highest BCUT2D eigenvalue weighted by molar-refractivity contribution is 5.58. The summed E-state index contributed by atoms with van der Waals surface area (Å²) >= 11 is 0. The van der Waals surface area contributed by atoms with Crippen LogP contribution in [0.4, 0.5) is 0 Å². The fourth-order valence-corrected chi connectivity index (χ4v) is 3.60. The summed E-state index contributed by atoms with van der Waals surface area (Å²) in [5, 5.41) is 0. The van der Waals surface area contributed by atoms with Crippen LogP contribution in [0, 0.1) is 19.8 Å². The van der Waals surface area contributed by atoms with E-state index in [0.29, 0.717) is 12.0 Å². The van der Waals surface area contributed by atoms with Crippen LogP contribution in [-0.2, 0) is 11.2 Å². The predicted molar refractivity (Wildman–Crippen MR) is 98.4 cm³/mol. The number of ether oxygens (including phenoxy) is 1. The minimum atomic E-state index is 0.312. The van der Waals surface area contributed by atoms with E-state index in [-0.39, 0.29) is 0 Å². The molecule has 4 rings (SSSR count). The normalized spacial score (nSPS) is 20.1. The molecule has 1 aliphatic heterocycles. The molecule has 4 nitrogen and oxygen atoms in total. The first-order valence-corrected chi connectivity index (χ1v) is 8.79. The van der Waals surface area contributed by atoms with Crippen molar-refractivity contribution in [2.75, 3.05) is 13.2 Å². The van der Waals surface area contributed by atoms with Gasteiger partial charge in [-0.1, -0.05) is 12.1 Å². The zero-order valence-corrected chi connectivity index (χ0v) is 14.7. The average molecular weight is 333 g/mol. The Morgan fingerprint density at radius 1 is 1.04 bits per heavy atom. The monoisotopic (exact) mass is 333 g/mol. The summed E-state index contributed by atoms with van der Waals surface area (Å²) in [4.78, 5) is 8.75. The van der Waals surface area contributed by atoms with E-state index < -0.39 is 0 Å². The van der Waals surface area contributed by atoms with Crippen LogP contribution in [0.5, 0.6) is 0 Å². The van der Waals surface area contributed by atoms with Gasteiger partial charge in [0.25, 0.3) is 0 Å². The molecule has 0 N–H and O–H groups in total. The molecule has 0 unspecified atom stereocenters. The number of hydrogen-bond donors (Lipinski definition) is 0. The minimum Gasteiger partial charge on any atom is -0.379 e. The highest BCUT2D eigenvalue weighted by atomic mass is 16.5. The van der Waals surface area contributed by atoms with Crippen LogP contribution in [0.15, 0.2) is 55.1 Å². The van der Waals surface area contributed by atoms with Gasteiger partial charge in [-0.05, 0) is 55.2 Å². The van der Waals surface area contributed by atoms with Gasteiger partial charge in [0.15, 0.2) is 0 Å². The molecule has 0 amide bonds. The van der Waals surface area contributed by atoms with Gasteiger partial charge in [0.05, 0.1) is 19.3 Å². The van der Waals surface area contributed by atoms with Crippen LogP contribution in [-0.4, -0.2) is 27.7 Å². The number of nitrogens with zero attached hydrogens (tertiary/aromatic N) is 3. The SMILES string of the molecule is Cc1ccc(-c2nccn2[C@@H]2COC[C@@H]2Cc2ccncc2)cc1C. The van der Waals surface area contributed by atoms with E-state index in [1.54, 1.807) is 0 Å². The lowest BCUT2D eigenvalue weighted by atomic mass is 9.95. The zero-order valence-electron chi connectivity index (χ0n) is 14.7. The van der Waals surface area contributed by atoms with Gasteiger partial charge in [0.1, 0.15) is 5.82 Å². The van der Waals surface area contributed by atoms with Crippen LogP contribution >= 0.6 is 0 Å². The van der Waals surface area contributed by atoms with Gasteiger partial charge >= 0.3 is 0 Å². The molecule has 2 aromatic heterocycles. The number of aromatic nitrogens is 3. The third kappa shape index (κ3) is 3.22. The predicted octanol–water partition coefficient (Wildman–Crippen LogP) is 3.99. The quantitative estimate of drug-likeness (QED) is 0.725. The first-order valence-electron chi connectivity index (χ1n) is 8.79. The molecule has 1 fully saturated rings. The Kier molecular flexibility index (Phi) is 4.36. The molecule has 1 aromatic carbocycles. The first kappa shape index (κ1) is 16.0. The highest BCUT2D eigenvalue weighted by Crippen LogP contribution is 2.33. The van der Waals surface area contributed by atoms with Crippen molar-refractivity contribution in [1.29, 1.82) is 0 Å². The smallest absolute Gasteiger partial charge is 0.140 e. The standard InChI is InChI=1S/C21H23N3O/c1-15-3-4-18(11-16(15)2)21-23-9-10-24(21)20-14-25-13-19(20)12-17-5-7-22-8-6-17/h3-11,19-20H,12-14H2,1-2H3/t19-,20+/m0/s1. The molecule has 128 valence electrons. The summed E-state index contributed by atoms with van der Waals surface area (Å²) in [6.45, 7) is 5.82. The van der Waals surface area contributed by atoms with Gasteiger partial charge < -0.3 is 9.30 Å². The van der Waals surface area contributed by atoms with E-state index in [1.807, 2.05) is 18.6 Å². The summed E-state index contributed by atoms with van der Waals surface area (Å²) in [5.41, 5.74) is 5.08. The van der Waals surface area contributed by atoms with E-state index in [9.17, 15) is 0 Å². The molecular formula is C21H23N3O. The molecule has 0 spiro atoms. The lowest BCUT2D eigenvalue weighted by Crippen LogP contribution is -2.20. The molecule has 3 heterocycles. The van der Waals surface area contributed by atoms with Crippen molar-refractivity contribution >= 4 is 0 Å². The summed E-state index contributed by atoms with van der Waals surface area (Å²) in [6, 6.07) is 11.0. The number of hydrogen-bond acceptors (Lipinski definition) is 3. The molecule has 0 bridgehead atoms. The van der Waals surface area contributed by atoms with E-state index >= 15 is 0 Å². The second-order valence-corrected chi connectivity index (χ2v) is 6.88. The van der Waals surface area contributed by atoms with Crippen LogP contribution in [0.1, 0.15) is 22.7 Å². The van der Waals surface area contributed by atoms with Gasteiger partial charge in [-0.25, -0.2) is 4.98 Å². The molecule has 1 aliphatic rings. The Labute approximate surface area is 148 Å². The average Bonchev–Trinajstić information content (AvgIpc) is 3.27. The molecule has 4 heteroatoms. The van der Waals surface area contributed by atoms with Crippen molar-refractivity contribution in [3.8, 4) is 11.4 Å². The number of benzene rings is 1. The van der Waals surface area contributed by atoms with Gasteiger partial charge in [-0.15, -0.1) is 0 Å². The molecule has 1 saturated heterocycles. The van der Waals surface area contributed by atoms with Gasteiger partial charge in [-0.3, -0.25) is 4.98 Å². The maximum atomic E-state index is 5.84. The molecule has 3 aromatic rings. The summed E-state index contributed by atoms with van der Waals surface area (Å²) in [7, 11) is 0. The molecule has 0 aliphatic carbocycles. The Hall–Kier alpha value is -2.46. The zero-order chi connectivity index (χ0) is 17.2. The molecule has 0 saturated carbocycles. The second-order valence-electron chi connectivity index (χ2n) is 6.88. The molecule has 25 heavy (non-hydrogen) atoms. The Bertz CT molecular complexity index is 857. The van der Waals surface area contributed by atoms with Crippen LogP contribution in [0.3, 0.4) is 0 Å². The van der Waals surface area contributed by atoms with Gasteiger partial charge in [-0.2, -0.15) is 0 Å². The van der Waals surface area contributed by atoms with E-state index in [1.165, 1.54) is 22.3 Å². The second kappa shape index (κ2) is 6.81. The summed E-state index contributed by atoms with van der Waals surface area (Å²) in [6.07, 6.45) is 8.70. The van der Waals surface area contributed by atoms with Crippen LogP contribution < -0.4 is 0 Å². The lowest BCUT2D eigenvalue weighted by molar-refractivity contribution is 0.181. The van der Waals surface area contributed by atoms with Crippen molar-refractivity contribution < 1.29 is 4.74 Å². The highest BCUT2D eigenvalue weighted by Gasteiger charge is 2.31. The van der Waals surface area contributed by atoms with E-state index in [4.69, 9.17) is 4.74 Å². The number of rotatable bonds is 4. The van der Waals surface area contributed by atoms with Crippen molar-refractivity contribution in [3.05, 3.63) is 71.8 Å². The van der Waals surface area contributed by atoms with Crippen molar-refractivity contribution in [2.24, 2.45) is 5.92 Å². The van der Waals surface area contributed by atoms with Crippen molar-refractivity contribution in [3.63, 3.8) is 0 Å². The topological polar surface area (TPSA) is 39.9 Å². The van der Waals surface area contributed by atoms with Crippen LogP contribution in [0.25, 0.3) is 11.4 Å². The van der Waals surface area contributed by atoms with Crippen LogP contribution in [0.2, 0.25) is 0 Å². The van der Waals surface area contributed by atoms with Crippen molar-refractivity contribution in [1.82, 2.24) is 14.5 Å². The van der Waals surface area contributed by atoms with E-state index in [0.717, 1.165) is 25.5 Å². The summed E-state index contributed by atoms with van der Waals surface area (Å²) in [5.74, 6) is 1.47. The number of aryl methyl sites for hydroxylation is 2. The van der Waals surface area contributed by atoms with E-state index in [2.05, 4.69) is 64.9 Å². The maximum Gasteiger partial charge on any atom is 0.140 e. The maximum absolute atomic E-state index is 5.84. The Balaban J connectivity index is 1.63. The third-order valence-corrected chi connectivity index (χ3v) is 5.20. The number of imidazole rings is 1. The Morgan fingerprint density at radius 2 is 1.88 bits per heavy atom. The first-order chi connectivity index (χ1) is 12.2. The number of pyridine rings is 1. The fourth-order valence-electron chi connectivity index (χ4n) is 3.60. The molecule has 2 atom stereocenters. The molecular weight excluding hydrogens is 310 g/mol. The third-order valence-electron chi connectivity index (χ3n) is 5.20. The largest absolute Gasteiger partial charge is 0.379 e. The Morgan fingerprint density at radius 3 is 2.68 bits per heavy atom. The molecule has 0 radical (unpaired) electrons.